The molecule has 0 fully saturated rings. The number of benzene rings is 2. The van der Waals surface area contributed by atoms with Crippen LogP contribution < -0.4 is 14.8 Å². The SMILES string of the molecule is CCCCOc1ccc(-c2cc3c4nnc(CCC(=O)NCc5cccc(OC)c5)n4ccn3n2)cc1. The number of carbonyl (C=O) groups is 1. The van der Waals surface area contributed by atoms with E-state index in [1.54, 1.807) is 11.6 Å². The Hall–Kier alpha value is -4.40. The highest BCUT2D eigenvalue weighted by Gasteiger charge is 2.14. The average Bonchev–Trinajstić information content (AvgIpc) is 3.55. The fourth-order valence-corrected chi connectivity index (χ4v) is 4.12. The predicted molar refractivity (Wildman–Crippen MR) is 141 cm³/mol. The van der Waals surface area contributed by atoms with Gasteiger partial charge in [-0.2, -0.15) is 5.10 Å². The molecule has 0 unspecified atom stereocenters. The van der Waals surface area contributed by atoms with Crippen LogP contribution in [0.25, 0.3) is 22.4 Å². The Morgan fingerprint density at radius 1 is 1.03 bits per heavy atom. The molecular formula is C28H30N6O3. The Balaban J connectivity index is 1.25. The minimum absolute atomic E-state index is 0.0468. The quantitative estimate of drug-likeness (QED) is 0.270. The van der Waals surface area contributed by atoms with Gasteiger partial charge in [0.15, 0.2) is 5.65 Å². The summed E-state index contributed by atoms with van der Waals surface area (Å²) in [7, 11) is 1.63. The molecule has 0 spiro atoms. The topological polar surface area (TPSA) is 95.0 Å². The summed E-state index contributed by atoms with van der Waals surface area (Å²) >= 11 is 0. The third-order valence-electron chi connectivity index (χ3n) is 6.20. The van der Waals surface area contributed by atoms with Crippen molar-refractivity contribution < 1.29 is 14.3 Å². The molecule has 190 valence electrons. The summed E-state index contributed by atoms with van der Waals surface area (Å²) in [5, 5.41) is 16.4. The lowest BCUT2D eigenvalue weighted by Crippen LogP contribution is -2.23. The predicted octanol–water partition coefficient (Wildman–Crippen LogP) is 4.48. The molecule has 0 saturated heterocycles. The Labute approximate surface area is 215 Å². The van der Waals surface area contributed by atoms with Crippen molar-refractivity contribution in [3.05, 3.63) is 78.4 Å². The summed E-state index contributed by atoms with van der Waals surface area (Å²) in [4.78, 5) is 12.4. The molecule has 9 nitrogen and oxygen atoms in total. The molecule has 0 bridgehead atoms. The number of methoxy groups -OCH3 is 1. The summed E-state index contributed by atoms with van der Waals surface area (Å²) in [6.45, 7) is 3.32. The van der Waals surface area contributed by atoms with Gasteiger partial charge in [-0.15, -0.1) is 10.2 Å². The van der Waals surface area contributed by atoms with Gasteiger partial charge in [-0.25, -0.2) is 4.52 Å². The highest BCUT2D eigenvalue weighted by Crippen LogP contribution is 2.24. The Morgan fingerprint density at radius 3 is 2.70 bits per heavy atom. The Bertz CT molecular complexity index is 1510. The molecule has 0 radical (unpaired) electrons. The number of ether oxygens (including phenoxy) is 2. The molecule has 1 amide bonds. The van der Waals surface area contributed by atoms with E-state index in [-0.39, 0.29) is 5.91 Å². The summed E-state index contributed by atoms with van der Waals surface area (Å²) < 4.78 is 14.7. The fraction of sp³-hybridized carbons (Fsp3) is 0.286. The number of hydrogen-bond donors (Lipinski definition) is 1. The van der Waals surface area contributed by atoms with Crippen molar-refractivity contribution in [3.63, 3.8) is 0 Å². The zero-order valence-electron chi connectivity index (χ0n) is 21.1. The summed E-state index contributed by atoms with van der Waals surface area (Å²) in [5.41, 5.74) is 4.37. The average molecular weight is 499 g/mol. The molecule has 3 aromatic heterocycles. The molecule has 1 N–H and O–H groups in total. The van der Waals surface area contributed by atoms with E-state index < -0.39 is 0 Å². The van der Waals surface area contributed by atoms with Crippen molar-refractivity contribution >= 4 is 17.1 Å². The zero-order valence-corrected chi connectivity index (χ0v) is 21.1. The van der Waals surface area contributed by atoms with Crippen LogP contribution in [-0.4, -0.2) is 43.8 Å². The molecule has 0 aliphatic heterocycles. The number of rotatable bonds is 11. The standard InChI is InChI=1S/C28H30N6O3/c1-3-4-16-37-22-10-8-21(9-11-22)24-18-25-28-31-30-26(33(28)14-15-34(25)32-24)12-13-27(35)29-19-20-6-5-7-23(17-20)36-2/h5-11,14-15,17-18H,3-4,12-13,16,19H2,1-2H3,(H,29,35). The van der Waals surface area contributed by atoms with E-state index in [4.69, 9.17) is 14.6 Å². The van der Waals surface area contributed by atoms with Crippen LogP contribution in [-0.2, 0) is 17.8 Å². The van der Waals surface area contributed by atoms with Crippen molar-refractivity contribution in [2.45, 2.75) is 39.2 Å². The van der Waals surface area contributed by atoms with Gasteiger partial charge in [-0.1, -0.05) is 25.5 Å². The number of fused-ring (bicyclic) bond motifs is 3. The first-order valence-corrected chi connectivity index (χ1v) is 12.5. The highest BCUT2D eigenvalue weighted by atomic mass is 16.5. The van der Waals surface area contributed by atoms with Crippen molar-refractivity contribution in [1.29, 1.82) is 0 Å². The van der Waals surface area contributed by atoms with Gasteiger partial charge >= 0.3 is 0 Å². The number of aromatic nitrogens is 5. The first-order chi connectivity index (χ1) is 18.1. The molecule has 0 aliphatic rings. The highest BCUT2D eigenvalue weighted by molar-refractivity contribution is 5.77. The van der Waals surface area contributed by atoms with Gasteiger partial charge < -0.3 is 14.8 Å². The van der Waals surface area contributed by atoms with Gasteiger partial charge in [0.1, 0.15) is 22.8 Å². The minimum Gasteiger partial charge on any atom is -0.497 e. The van der Waals surface area contributed by atoms with Crippen LogP contribution in [0.3, 0.4) is 0 Å². The molecule has 2 aromatic carbocycles. The molecule has 0 aliphatic carbocycles. The van der Waals surface area contributed by atoms with Gasteiger partial charge in [0.2, 0.25) is 5.91 Å². The third kappa shape index (κ3) is 5.55. The number of unbranched alkanes of at least 4 members (excludes halogenated alkanes) is 1. The first kappa shape index (κ1) is 24.3. The number of hydrogen-bond acceptors (Lipinski definition) is 6. The minimum atomic E-state index is -0.0468. The van der Waals surface area contributed by atoms with Gasteiger partial charge in [-0.05, 0) is 54.4 Å². The lowest BCUT2D eigenvalue weighted by molar-refractivity contribution is -0.121. The maximum Gasteiger partial charge on any atom is 0.220 e. The lowest BCUT2D eigenvalue weighted by Gasteiger charge is -2.07. The number of nitrogens with one attached hydrogen (secondary N) is 1. The maximum absolute atomic E-state index is 12.4. The van der Waals surface area contributed by atoms with Gasteiger partial charge in [0, 0.05) is 37.3 Å². The summed E-state index contributed by atoms with van der Waals surface area (Å²) in [6.07, 6.45) is 6.69. The second kappa shape index (κ2) is 11.1. The van der Waals surface area contributed by atoms with Gasteiger partial charge in [0.25, 0.3) is 0 Å². The summed E-state index contributed by atoms with van der Waals surface area (Å²) in [5.74, 6) is 2.31. The molecular weight excluding hydrogens is 468 g/mol. The van der Waals surface area contributed by atoms with Crippen molar-refractivity contribution in [2.75, 3.05) is 13.7 Å². The monoisotopic (exact) mass is 498 g/mol. The molecule has 5 rings (SSSR count). The summed E-state index contributed by atoms with van der Waals surface area (Å²) in [6, 6.07) is 17.6. The number of nitrogens with zero attached hydrogens (tertiary/aromatic N) is 5. The third-order valence-corrected chi connectivity index (χ3v) is 6.20. The van der Waals surface area contributed by atoms with E-state index in [1.165, 1.54) is 0 Å². The van der Waals surface area contributed by atoms with E-state index in [0.717, 1.165) is 59.1 Å². The first-order valence-electron chi connectivity index (χ1n) is 12.5. The van der Waals surface area contributed by atoms with Gasteiger partial charge in [0.05, 0.1) is 19.4 Å². The largest absolute Gasteiger partial charge is 0.497 e. The van der Waals surface area contributed by atoms with Crippen LogP contribution in [0.5, 0.6) is 11.5 Å². The van der Waals surface area contributed by atoms with E-state index >= 15 is 0 Å². The fourth-order valence-electron chi connectivity index (χ4n) is 4.12. The van der Waals surface area contributed by atoms with Crippen LogP contribution in [0.15, 0.2) is 67.0 Å². The number of aryl methyl sites for hydroxylation is 1. The molecule has 0 saturated carbocycles. The zero-order chi connectivity index (χ0) is 25.6. The van der Waals surface area contributed by atoms with Gasteiger partial charge in [-0.3, -0.25) is 9.20 Å². The van der Waals surface area contributed by atoms with Crippen molar-refractivity contribution in [2.24, 2.45) is 0 Å². The van der Waals surface area contributed by atoms with E-state index in [2.05, 4.69) is 22.4 Å². The Morgan fingerprint density at radius 2 is 1.89 bits per heavy atom. The molecule has 9 heteroatoms. The molecule has 0 atom stereocenters. The normalized spacial score (nSPS) is 11.2. The van der Waals surface area contributed by atoms with Crippen molar-refractivity contribution in [3.8, 4) is 22.8 Å². The van der Waals surface area contributed by atoms with E-state index in [9.17, 15) is 4.79 Å². The maximum atomic E-state index is 12.4. The van der Waals surface area contributed by atoms with Crippen molar-refractivity contribution in [1.82, 2.24) is 29.5 Å². The molecule has 3 heterocycles. The second-order valence-corrected chi connectivity index (χ2v) is 8.82. The second-order valence-electron chi connectivity index (χ2n) is 8.82. The number of carbonyl (C=O) groups excluding carboxylic acids is 1. The van der Waals surface area contributed by atoms with Crippen LogP contribution in [0.2, 0.25) is 0 Å². The van der Waals surface area contributed by atoms with Crippen LogP contribution in [0.1, 0.15) is 37.6 Å². The number of amides is 1. The smallest absolute Gasteiger partial charge is 0.220 e. The van der Waals surface area contributed by atoms with E-state index in [0.29, 0.717) is 25.0 Å². The van der Waals surface area contributed by atoms with Crippen LogP contribution >= 0.6 is 0 Å². The van der Waals surface area contributed by atoms with Crippen LogP contribution in [0.4, 0.5) is 0 Å². The lowest BCUT2D eigenvalue weighted by atomic mass is 10.1. The van der Waals surface area contributed by atoms with E-state index in [1.807, 2.05) is 71.4 Å². The Kier molecular flexibility index (Phi) is 7.30. The molecule has 5 aromatic rings. The van der Waals surface area contributed by atoms with Crippen LogP contribution in [0, 0.1) is 0 Å². The molecule has 37 heavy (non-hydrogen) atoms.